The molecule has 214 valence electrons. The summed E-state index contributed by atoms with van der Waals surface area (Å²) in [6, 6.07) is 7.05. The van der Waals surface area contributed by atoms with Gasteiger partial charge in [0, 0.05) is 19.0 Å². The summed E-state index contributed by atoms with van der Waals surface area (Å²) >= 11 is 0. The molecule has 0 atom stereocenters. The zero-order valence-corrected chi connectivity index (χ0v) is 22.5. The average molecular weight is 563 g/mol. The van der Waals surface area contributed by atoms with Gasteiger partial charge in [0.2, 0.25) is 5.76 Å². The lowest BCUT2D eigenvalue weighted by Gasteiger charge is -2.38. The lowest BCUT2D eigenvalue weighted by molar-refractivity contribution is -0.0304. The van der Waals surface area contributed by atoms with E-state index < -0.39 is 11.3 Å². The van der Waals surface area contributed by atoms with Crippen LogP contribution in [-0.2, 0) is 6.54 Å². The Morgan fingerprint density at radius 2 is 1.85 bits per heavy atom. The molecule has 0 bridgehead atoms. The number of piperidine rings is 1. The number of benzene rings is 1. The molecule has 41 heavy (non-hydrogen) atoms. The first-order valence-electron chi connectivity index (χ1n) is 14.1. The van der Waals surface area contributed by atoms with E-state index in [9.17, 15) is 19.1 Å². The average Bonchev–Trinajstić information content (AvgIpc) is 3.53. The van der Waals surface area contributed by atoms with Gasteiger partial charge in [0.15, 0.2) is 11.5 Å². The summed E-state index contributed by atoms with van der Waals surface area (Å²) in [5, 5.41) is 16.0. The molecule has 2 saturated carbocycles. The van der Waals surface area contributed by atoms with Crippen molar-refractivity contribution in [2.24, 2.45) is 0 Å². The fraction of sp³-hybridized carbons (Fsp3) is 0.483. The molecule has 3 fully saturated rings. The number of aliphatic hydroxyl groups is 1. The van der Waals surface area contributed by atoms with Crippen LogP contribution in [0.3, 0.4) is 0 Å². The van der Waals surface area contributed by atoms with Gasteiger partial charge in [-0.15, -0.1) is 0 Å². The highest BCUT2D eigenvalue weighted by Gasteiger charge is 2.38. The van der Waals surface area contributed by atoms with Gasteiger partial charge in [0.05, 0.1) is 30.2 Å². The molecule has 11 nitrogen and oxygen atoms in total. The van der Waals surface area contributed by atoms with Gasteiger partial charge in [-0.3, -0.25) is 14.2 Å². The maximum Gasteiger partial charge on any atom is 0.291 e. The normalized spacial score (nSPS) is 19.7. The van der Waals surface area contributed by atoms with Crippen molar-refractivity contribution in [3.05, 3.63) is 65.0 Å². The number of amides is 1. The Bertz CT molecular complexity index is 1640. The van der Waals surface area contributed by atoms with E-state index in [0.717, 1.165) is 19.3 Å². The Balaban J connectivity index is 1.01. The van der Waals surface area contributed by atoms with Gasteiger partial charge < -0.3 is 19.2 Å². The minimum absolute atomic E-state index is 0.0432. The van der Waals surface area contributed by atoms with E-state index in [-0.39, 0.29) is 30.4 Å². The molecule has 3 aromatic heterocycles. The third kappa shape index (κ3) is 5.01. The quantitative estimate of drug-likeness (QED) is 0.346. The SMILES string of the molecule is O=C(c1cnc(C2CC2)o1)N1CCC(O)(Cn2cnc3c(cnn3-c3ccc(OCC4(F)CCC4)cc3)c2=O)CC1. The number of oxazole rings is 1. The first-order valence-corrected chi connectivity index (χ1v) is 14.1. The van der Waals surface area contributed by atoms with Crippen LogP contribution in [0.25, 0.3) is 16.7 Å². The minimum atomic E-state index is -1.22. The van der Waals surface area contributed by atoms with Gasteiger partial charge >= 0.3 is 0 Å². The van der Waals surface area contributed by atoms with Crippen molar-refractivity contribution >= 4 is 16.9 Å². The fourth-order valence-corrected chi connectivity index (χ4v) is 5.51. The molecule has 12 heteroatoms. The molecule has 4 aromatic rings. The smallest absolute Gasteiger partial charge is 0.291 e. The Kier molecular flexibility index (Phi) is 6.18. The van der Waals surface area contributed by atoms with E-state index >= 15 is 0 Å². The molecule has 4 heterocycles. The van der Waals surface area contributed by atoms with Crippen LogP contribution >= 0.6 is 0 Å². The first-order chi connectivity index (χ1) is 19.8. The summed E-state index contributed by atoms with van der Waals surface area (Å²) < 4.78 is 28.5. The van der Waals surface area contributed by atoms with Gasteiger partial charge in [-0.05, 0) is 69.2 Å². The van der Waals surface area contributed by atoms with Crippen molar-refractivity contribution in [3.8, 4) is 11.4 Å². The van der Waals surface area contributed by atoms with E-state index in [1.807, 2.05) is 0 Å². The van der Waals surface area contributed by atoms with Gasteiger partial charge in [-0.25, -0.2) is 19.0 Å². The number of hydrogen-bond acceptors (Lipinski definition) is 8. The molecule has 1 N–H and O–H groups in total. The van der Waals surface area contributed by atoms with E-state index in [4.69, 9.17) is 9.15 Å². The van der Waals surface area contributed by atoms with Gasteiger partial charge in [-0.1, -0.05) is 0 Å². The number of fused-ring (bicyclic) bond motifs is 1. The van der Waals surface area contributed by atoms with Crippen LogP contribution in [0.2, 0.25) is 0 Å². The molecule has 7 rings (SSSR count). The number of ether oxygens (including phenoxy) is 1. The highest BCUT2D eigenvalue weighted by atomic mass is 19.1. The Labute approximate surface area is 234 Å². The maximum atomic E-state index is 14.2. The molecule has 3 aliphatic rings. The Hall–Kier alpha value is -4.06. The lowest BCUT2D eigenvalue weighted by Crippen LogP contribution is -2.49. The van der Waals surface area contributed by atoms with Crippen molar-refractivity contribution in [2.75, 3.05) is 19.7 Å². The maximum absolute atomic E-state index is 14.2. The van der Waals surface area contributed by atoms with Crippen molar-refractivity contribution < 1.29 is 23.4 Å². The summed E-state index contributed by atoms with van der Waals surface area (Å²) in [4.78, 5) is 36.5. The van der Waals surface area contributed by atoms with Crippen LogP contribution in [-0.4, -0.2) is 71.2 Å². The van der Waals surface area contributed by atoms with Crippen LogP contribution in [0.4, 0.5) is 4.39 Å². The monoisotopic (exact) mass is 562 g/mol. The second-order valence-corrected chi connectivity index (χ2v) is 11.6. The summed E-state index contributed by atoms with van der Waals surface area (Å²) in [7, 11) is 0. The third-order valence-corrected chi connectivity index (χ3v) is 8.49. The number of carbonyl (C=O) groups excluding carboxylic acids is 1. The fourth-order valence-electron chi connectivity index (χ4n) is 5.51. The van der Waals surface area contributed by atoms with E-state index in [1.165, 1.54) is 23.3 Å². The molecule has 0 radical (unpaired) electrons. The van der Waals surface area contributed by atoms with Gasteiger partial charge in [0.1, 0.15) is 29.7 Å². The summed E-state index contributed by atoms with van der Waals surface area (Å²) in [5.41, 5.74) is -1.62. The van der Waals surface area contributed by atoms with Crippen LogP contribution < -0.4 is 10.3 Å². The minimum Gasteiger partial charge on any atom is -0.490 e. The molecule has 1 amide bonds. The van der Waals surface area contributed by atoms with Gasteiger partial charge in [0.25, 0.3) is 11.5 Å². The first kappa shape index (κ1) is 25.9. The van der Waals surface area contributed by atoms with E-state index in [0.29, 0.717) is 73.1 Å². The van der Waals surface area contributed by atoms with Crippen molar-refractivity contribution in [1.82, 2.24) is 29.2 Å². The summed E-state index contributed by atoms with van der Waals surface area (Å²) in [5.74, 6) is 1.50. The second kappa shape index (κ2) is 9.79. The third-order valence-electron chi connectivity index (χ3n) is 8.49. The number of hydrogen-bond donors (Lipinski definition) is 1. The topological polar surface area (TPSA) is 129 Å². The van der Waals surface area contributed by atoms with Crippen LogP contribution in [0.5, 0.6) is 5.75 Å². The molecule has 1 saturated heterocycles. The molecule has 2 aliphatic carbocycles. The lowest BCUT2D eigenvalue weighted by atomic mass is 9.83. The Morgan fingerprint density at radius 1 is 1.10 bits per heavy atom. The highest BCUT2D eigenvalue weighted by molar-refractivity contribution is 5.91. The molecule has 0 unspecified atom stereocenters. The molecule has 0 spiro atoms. The Morgan fingerprint density at radius 3 is 2.54 bits per heavy atom. The number of halogens is 1. The van der Waals surface area contributed by atoms with Crippen LogP contribution in [0.1, 0.15) is 67.3 Å². The van der Waals surface area contributed by atoms with Crippen LogP contribution in [0, 0.1) is 0 Å². The van der Waals surface area contributed by atoms with Crippen molar-refractivity contribution in [1.29, 1.82) is 0 Å². The van der Waals surface area contributed by atoms with Gasteiger partial charge in [-0.2, -0.15) is 5.10 Å². The molecular weight excluding hydrogens is 531 g/mol. The second-order valence-electron chi connectivity index (χ2n) is 11.6. The number of aromatic nitrogens is 5. The van der Waals surface area contributed by atoms with E-state index in [2.05, 4.69) is 15.1 Å². The zero-order chi connectivity index (χ0) is 28.2. The highest BCUT2D eigenvalue weighted by Crippen LogP contribution is 2.39. The molecular formula is C29H31FN6O5. The molecule has 1 aliphatic heterocycles. The molecule has 1 aromatic carbocycles. The predicted octanol–water partition coefficient (Wildman–Crippen LogP) is 3.39. The van der Waals surface area contributed by atoms with Crippen LogP contribution in [0.15, 0.2) is 52.2 Å². The predicted molar refractivity (Wildman–Crippen MR) is 145 cm³/mol. The number of nitrogens with zero attached hydrogens (tertiary/aromatic N) is 6. The zero-order valence-electron chi connectivity index (χ0n) is 22.5. The summed E-state index contributed by atoms with van der Waals surface area (Å²) in [6.07, 6.45) is 9.03. The largest absolute Gasteiger partial charge is 0.490 e. The van der Waals surface area contributed by atoms with Crippen molar-refractivity contribution in [2.45, 2.75) is 68.7 Å². The number of likely N-dealkylation sites (tertiary alicyclic amines) is 1. The number of rotatable bonds is 8. The standard InChI is InChI=1S/C29H31FN6O5/c30-28(8-1-9-28)17-40-21-6-4-20(5-7-21)36-24-22(14-33-36)26(37)35(18-32-24)16-29(39)10-12-34(13-11-29)27(38)23-15-31-25(41-23)19-2-3-19/h4-7,14-15,18-19,39H,1-3,8-13,16-17H2. The number of alkyl halides is 1. The number of carbonyl (C=O) groups is 1. The van der Waals surface area contributed by atoms with Crippen molar-refractivity contribution in [3.63, 3.8) is 0 Å². The summed E-state index contributed by atoms with van der Waals surface area (Å²) in [6.45, 7) is 0.770. The van der Waals surface area contributed by atoms with E-state index in [1.54, 1.807) is 33.8 Å².